The number of methoxy groups -OCH3 is 2. The molecule has 12 heteroatoms. The minimum atomic E-state index is -1.06. The first kappa shape index (κ1) is 26.5. The third-order valence-corrected chi connectivity index (χ3v) is 5.47. The van der Waals surface area contributed by atoms with Gasteiger partial charge in [-0.05, 0) is 68.4 Å². The molecule has 4 rings (SSSR count). The van der Waals surface area contributed by atoms with Gasteiger partial charge in [0, 0.05) is 11.1 Å². The molecule has 12 nitrogen and oxygen atoms in total. The van der Waals surface area contributed by atoms with Crippen molar-refractivity contribution in [3.63, 3.8) is 0 Å². The van der Waals surface area contributed by atoms with E-state index in [0.717, 1.165) is 0 Å². The van der Waals surface area contributed by atoms with E-state index >= 15 is 0 Å². The maximum atomic E-state index is 13.7. The lowest BCUT2D eigenvalue weighted by atomic mass is 10.1. The van der Waals surface area contributed by atoms with Crippen molar-refractivity contribution in [2.45, 2.75) is 45.4 Å². The largest absolute Gasteiger partial charge is 0.493 e. The maximum absolute atomic E-state index is 13.7. The lowest BCUT2D eigenvalue weighted by Crippen LogP contribution is -2.49. The molecule has 1 atom stereocenters. The number of nitrogens with one attached hydrogen (secondary N) is 1. The first-order valence-corrected chi connectivity index (χ1v) is 11.9. The summed E-state index contributed by atoms with van der Waals surface area (Å²) in [6.07, 6.45) is 2.96. The van der Waals surface area contributed by atoms with Gasteiger partial charge < -0.3 is 28.5 Å². The Morgan fingerprint density at radius 1 is 1.05 bits per heavy atom. The monoisotopic (exact) mass is 522 g/mol. The molecular weight excluding hydrogens is 492 g/mol. The number of hydrogen-bond acceptors (Lipinski definition) is 9. The van der Waals surface area contributed by atoms with Gasteiger partial charge in [0.15, 0.2) is 17.5 Å². The van der Waals surface area contributed by atoms with Crippen molar-refractivity contribution in [3.05, 3.63) is 66.5 Å². The number of carbonyl (C=O) groups excluding carboxylic acids is 2. The zero-order chi connectivity index (χ0) is 27.3. The summed E-state index contributed by atoms with van der Waals surface area (Å²) in [6.45, 7) is 5.32. The van der Waals surface area contributed by atoms with E-state index in [2.05, 4.69) is 20.7 Å². The zero-order valence-corrected chi connectivity index (χ0v) is 21.9. The summed E-state index contributed by atoms with van der Waals surface area (Å²) in [5, 5.41) is 15.4. The van der Waals surface area contributed by atoms with E-state index in [4.69, 9.17) is 18.3 Å². The molecule has 38 heavy (non-hydrogen) atoms. The summed E-state index contributed by atoms with van der Waals surface area (Å²) in [6, 6.07) is 10.9. The summed E-state index contributed by atoms with van der Waals surface area (Å²) < 4.78 is 21.7. The fraction of sp³-hybridized carbons (Fsp3) is 0.346. The number of hydrogen-bond donors (Lipinski definition) is 1. The second kappa shape index (κ2) is 11.2. The summed E-state index contributed by atoms with van der Waals surface area (Å²) in [5.41, 5.74) is 0.0927. The fourth-order valence-corrected chi connectivity index (χ4v) is 3.82. The van der Waals surface area contributed by atoms with Gasteiger partial charge in [-0.1, -0.05) is 0 Å². The van der Waals surface area contributed by atoms with E-state index in [1.165, 1.54) is 29.3 Å². The van der Waals surface area contributed by atoms with Crippen molar-refractivity contribution in [1.29, 1.82) is 0 Å². The minimum absolute atomic E-state index is 0.0198. The highest BCUT2D eigenvalue weighted by Gasteiger charge is 2.36. The Kier molecular flexibility index (Phi) is 7.79. The second-order valence-electron chi connectivity index (χ2n) is 9.47. The van der Waals surface area contributed by atoms with Crippen LogP contribution in [0.5, 0.6) is 11.5 Å². The van der Waals surface area contributed by atoms with Crippen molar-refractivity contribution < 1.29 is 27.9 Å². The molecule has 1 aromatic carbocycles. The van der Waals surface area contributed by atoms with Gasteiger partial charge in [0.05, 0.1) is 33.3 Å². The number of aromatic nitrogens is 4. The Labute approximate surface area is 219 Å². The Bertz CT molecular complexity index is 1360. The molecule has 0 aliphatic carbocycles. The molecule has 0 unspecified atom stereocenters. The van der Waals surface area contributed by atoms with Crippen LogP contribution in [0.2, 0.25) is 0 Å². The molecule has 0 aliphatic heterocycles. The molecule has 200 valence electrons. The van der Waals surface area contributed by atoms with Crippen molar-refractivity contribution in [1.82, 2.24) is 30.4 Å². The average molecular weight is 523 g/mol. The van der Waals surface area contributed by atoms with Crippen molar-refractivity contribution in [3.8, 4) is 22.9 Å². The van der Waals surface area contributed by atoms with Gasteiger partial charge in [0.25, 0.3) is 5.91 Å². The molecule has 4 aromatic rings. The number of tetrazole rings is 1. The quantitative estimate of drug-likeness (QED) is 0.333. The predicted molar refractivity (Wildman–Crippen MR) is 135 cm³/mol. The molecule has 0 bridgehead atoms. The first-order chi connectivity index (χ1) is 18.2. The van der Waals surface area contributed by atoms with Crippen LogP contribution in [0.25, 0.3) is 11.4 Å². The molecule has 0 saturated carbocycles. The van der Waals surface area contributed by atoms with Gasteiger partial charge in [-0.15, -0.1) is 10.2 Å². The van der Waals surface area contributed by atoms with Crippen LogP contribution in [0.1, 0.15) is 38.3 Å². The number of nitrogens with zero attached hydrogens (tertiary/aromatic N) is 5. The highest BCUT2D eigenvalue weighted by atomic mass is 16.5. The third-order valence-electron chi connectivity index (χ3n) is 5.47. The van der Waals surface area contributed by atoms with E-state index in [9.17, 15) is 9.59 Å². The van der Waals surface area contributed by atoms with E-state index in [0.29, 0.717) is 34.4 Å². The minimum Gasteiger partial charge on any atom is -0.493 e. The molecular formula is C26H30N6O6. The van der Waals surface area contributed by atoms with Crippen LogP contribution < -0.4 is 14.8 Å². The molecule has 3 heterocycles. The Morgan fingerprint density at radius 3 is 2.42 bits per heavy atom. The average Bonchev–Trinajstić information content (AvgIpc) is 3.66. The van der Waals surface area contributed by atoms with Crippen LogP contribution in [0.3, 0.4) is 0 Å². The normalized spacial score (nSPS) is 12.1. The van der Waals surface area contributed by atoms with Crippen LogP contribution in [0.15, 0.2) is 63.8 Å². The van der Waals surface area contributed by atoms with Crippen LogP contribution in [-0.2, 0) is 22.7 Å². The van der Waals surface area contributed by atoms with E-state index < -0.39 is 23.4 Å². The fourth-order valence-electron chi connectivity index (χ4n) is 3.82. The number of benzene rings is 1. The van der Waals surface area contributed by atoms with Crippen LogP contribution in [-0.4, -0.2) is 56.7 Å². The molecule has 0 saturated heterocycles. The van der Waals surface area contributed by atoms with Crippen LogP contribution in [0, 0.1) is 0 Å². The maximum Gasteiger partial charge on any atom is 0.251 e. The molecule has 0 radical (unpaired) electrons. The van der Waals surface area contributed by atoms with Gasteiger partial charge in [-0.25, -0.2) is 0 Å². The van der Waals surface area contributed by atoms with E-state index in [1.54, 1.807) is 49.6 Å². The van der Waals surface area contributed by atoms with Crippen LogP contribution in [0.4, 0.5) is 0 Å². The SMILES string of the molecule is COc1ccc(-c2nnn(CC(=O)N(Cc3ccco3)[C@@H](C(=O)NC(C)(C)C)c3ccco3)n2)cc1OC. The predicted octanol–water partition coefficient (Wildman–Crippen LogP) is 3.23. The highest BCUT2D eigenvalue weighted by Crippen LogP contribution is 2.31. The lowest BCUT2D eigenvalue weighted by Gasteiger charge is -2.31. The molecule has 1 N–H and O–H groups in total. The number of ether oxygens (including phenoxy) is 2. The van der Waals surface area contributed by atoms with Crippen LogP contribution >= 0.6 is 0 Å². The summed E-state index contributed by atoms with van der Waals surface area (Å²) >= 11 is 0. The van der Waals surface area contributed by atoms with Crippen molar-refractivity contribution >= 4 is 11.8 Å². The van der Waals surface area contributed by atoms with Gasteiger partial charge >= 0.3 is 0 Å². The Balaban J connectivity index is 1.62. The standard InChI is InChI=1S/C26H30N6O6/c1-26(2,3)27-25(34)23(20-9-7-13-38-20)31(15-18-8-6-12-37-18)22(33)16-32-29-24(28-30-32)17-10-11-19(35-4)21(14-17)36-5/h6-14,23H,15-16H2,1-5H3,(H,27,34)/t23-/m1/s1. The number of rotatable bonds is 10. The molecule has 2 amide bonds. The van der Waals surface area contributed by atoms with Gasteiger partial charge in [0.1, 0.15) is 18.1 Å². The van der Waals surface area contributed by atoms with Gasteiger partial charge in [-0.3, -0.25) is 9.59 Å². The molecule has 0 aliphatic rings. The number of carbonyl (C=O) groups is 2. The smallest absolute Gasteiger partial charge is 0.251 e. The van der Waals surface area contributed by atoms with E-state index in [-0.39, 0.29) is 13.1 Å². The zero-order valence-electron chi connectivity index (χ0n) is 21.9. The van der Waals surface area contributed by atoms with Crippen molar-refractivity contribution in [2.75, 3.05) is 14.2 Å². The topological polar surface area (TPSA) is 138 Å². The number of amides is 2. The summed E-state index contributed by atoms with van der Waals surface area (Å²) in [4.78, 5) is 29.6. The second-order valence-corrected chi connectivity index (χ2v) is 9.47. The van der Waals surface area contributed by atoms with Crippen molar-refractivity contribution in [2.24, 2.45) is 0 Å². The summed E-state index contributed by atoms with van der Waals surface area (Å²) in [5.74, 6) is 1.33. The molecule has 0 fully saturated rings. The number of furan rings is 2. The highest BCUT2D eigenvalue weighted by molar-refractivity contribution is 5.88. The first-order valence-electron chi connectivity index (χ1n) is 11.9. The lowest BCUT2D eigenvalue weighted by molar-refractivity contribution is -0.144. The Morgan fingerprint density at radius 2 is 1.79 bits per heavy atom. The van der Waals surface area contributed by atoms with Gasteiger partial charge in [0.2, 0.25) is 11.7 Å². The Hall–Kier alpha value is -4.61. The molecule has 3 aromatic heterocycles. The molecule has 0 spiro atoms. The van der Waals surface area contributed by atoms with E-state index in [1.807, 2.05) is 20.8 Å². The third kappa shape index (κ3) is 6.20. The van der Waals surface area contributed by atoms with Gasteiger partial charge in [-0.2, -0.15) is 4.80 Å². The summed E-state index contributed by atoms with van der Waals surface area (Å²) in [7, 11) is 3.08.